The van der Waals surface area contributed by atoms with Gasteiger partial charge in [-0.15, -0.1) is 0 Å². The molecule has 3 nitrogen and oxygen atoms in total. The molecule has 1 atom stereocenters. The summed E-state index contributed by atoms with van der Waals surface area (Å²) in [6.45, 7) is 1.14. The van der Waals surface area contributed by atoms with Crippen molar-refractivity contribution in [1.82, 2.24) is 10.2 Å². The molecule has 0 aromatic rings. The second-order valence-corrected chi connectivity index (χ2v) is 4.92. The Morgan fingerprint density at radius 1 is 1.33 bits per heavy atom. The van der Waals surface area contributed by atoms with E-state index in [0.29, 0.717) is 18.0 Å². The average molecular weight is 210 g/mol. The SMILES string of the molecule is CN(C(=O)CCC1CCCCN1)C1CC1. The molecule has 1 unspecified atom stereocenters. The molecule has 2 aliphatic rings. The molecule has 3 heteroatoms. The van der Waals surface area contributed by atoms with Gasteiger partial charge in [-0.25, -0.2) is 0 Å². The van der Waals surface area contributed by atoms with Crippen molar-refractivity contribution in [2.24, 2.45) is 0 Å². The summed E-state index contributed by atoms with van der Waals surface area (Å²) in [6.07, 6.45) is 8.05. The van der Waals surface area contributed by atoms with Crippen molar-refractivity contribution in [3.8, 4) is 0 Å². The van der Waals surface area contributed by atoms with Gasteiger partial charge in [0.2, 0.25) is 5.91 Å². The van der Waals surface area contributed by atoms with E-state index in [-0.39, 0.29) is 0 Å². The van der Waals surface area contributed by atoms with Crippen LogP contribution in [0.25, 0.3) is 0 Å². The van der Waals surface area contributed by atoms with Crippen molar-refractivity contribution in [3.63, 3.8) is 0 Å². The summed E-state index contributed by atoms with van der Waals surface area (Å²) >= 11 is 0. The average Bonchev–Trinajstić information content (AvgIpc) is 3.10. The third kappa shape index (κ3) is 3.20. The lowest BCUT2D eigenvalue weighted by molar-refractivity contribution is -0.130. The molecule has 0 bridgehead atoms. The zero-order valence-corrected chi connectivity index (χ0v) is 9.67. The number of carbonyl (C=O) groups is 1. The lowest BCUT2D eigenvalue weighted by Crippen LogP contribution is -2.36. The molecule has 1 saturated heterocycles. The van der Waals surface area contributed by atoms with Gasteiger partial charge in [0.25, 0.3) is 0 Å². The molecule has 1 N–H and O–H groups in total. The molecule has 1 saturated carbocycles. The molecular formula is C12H22N2O. The summed E-state index contributed by atoms with van der Waals surface area (Å²) in [4.78, 5) is 13.7. The first kappa shape index (κ1) is 10.9. The minimum absolute atomic E-state index is 0.338. The van der Waals surface area contributed by atoms with Crippen LogP contribution in [-0.2, 0) is 4.79 Å². The second kappa shape index (κ2) is 4.97. The van der Waals surface area contributed by atoms with Crippen molar-refractivity contribution in [2.45, 2.75) is 57.0 Å². The van der Waals surface area contributed by atoms with Gasteiger partial charge in [-0.2, -0.15) is 0 Å². The Hall–Kier alpha value is -0.570. The summed E-state index contributed by atoms with van der Waals surface area (Å²) < 4.78 is 0. The Morgan fingerprint density at radius 2 is 2.13 bits per heavy atom. The monoisotopic (exact) mass is 210 g/mol. The topological polar surface area (TPSA) is 32.3 Å². The highest BCUT2D eigenvalue weighted by Gasteiger charge is 2.29. The van der Waals surface area contributed by atoms with Crippen molar-refractivity contribution in [3.05, 3.63) is 0 Å². The van der Waals surface area contributed by atoms with Crippen LogP contribution in [0, 0.1) is 0 Å². The number of rotatable bonds is 4. The van der Waals surface area contributed by atoms with Gasteiger partial charge in [-0.3, -0.25) is 4.79 Å². The van der Waals surface area contributed by atoms with E-state index in [1.165, 1.54) is 32.1 Å². The minimum atomic E-state index is 0.338. The van der Waals surface area contributed by atoms with E-state index in [9.17, 15) is 4.79 Å². The Bertz CT molecular complexity index is 220. The molecule has 86 valence electrons. The quantitative estimate of drug-likeness (QED) is 0.763. The summed E-state index contributed by atoms with van der Waals surface area (Å²) in [7, 11) is 1.95. The van der Waals surface area contributed by atoms with E-state index in [4.69, 9.17) is 0 Å². The van der Waals surface area contributed by atoms with Gasteiger partial charge in [-0.05, 0) is 38.6 Å². The number of carbonyl (C=O) groups excluding carboxylic acids is 1. The zero-order valence-electron chi connectivity index (χ0n) is 9.67. The van der Waals surface area contributed by atoms with E-state index in [2.05, 4.69) is 5.32 Å². The molecule has 2 fully saturated rings. The van der Waals surface area contributed by atoms with Crippen molar-refractivity contribution in [2.75, 3.05) is 13.6 Å². The van der Waals surface area contributed by atoms with Crippen LogP contribution in [0.5, 0.6) is 0 Å². The first-order valence-electron chi connectivity index (χ1n) is 6.26. The number of amides is 1. The molecule has 1 aliphatic carbocycles. The van der Waals surface area contributed by atoms with E-state index < -0.39 is 0 Å². The molecule has 15 heavy (non-hydrogen) atoms. The fraction of sp³-hybridized carbons (Fsp3) is 0.917. The highest BCUT2D eigenvalue weighted by molar-refractivity contribution is 5.76. The highest BCUT2D eigenvalue weighted by Crippen LogP contribution is 2.26. The van der Waals surface area contributed by atoms with Gasteiger partial charge in [0.15, 0.2) is 0 Å². The summed E-state index contributed by atoms with van der Waals surface area (Å²) in [5.41, 5.74) is 0. The van der Waals surface area contributed by atoms with Crippen molar-refractivity contribution in [1.29, 1.82) is 0 Å². The number of nitrogens with zero attached hydrogens (tertiary/aromatic N) is 1. The lowest BCUT2D eigenvalue weighted by atomic mass is 10.0. The standard InChI is InChI=1S/C12H22N2O/c1-14(11-6-7-11)12(15)8-5-10-4-2-3-9-13-10/h10-11,13H,2-9H2,1H3. The summed E-state index contributed by atoms with van der Waals surface area (Å²) in [5, 5.41) is 3.49. The largest absolute Gasteiger partial charge is 0.343 e. The molecule has 0 spiro atoms. The normalized spacial score (nSPS) is 26.3. The van der Waals surface area contributed by atoms with Crippen LogP contribution in [0.1, 0.15) is 44.9 Å². The smallest absolute Gasteiger partial charge is 0.222 e. The van der Waals surface area contributed by atoms with Crippen LogP contribution in [-0.4, -0.2) is 36.5 Å². The molecule has 1 amide bonds. The molecular weight excluding hydrogens is 188 g/mol. The van der Waals surface area contributed by atoms with Crippen LogP contribution in [0.3, 0.4) is 0 Å². The minimum Gasteiger partial charge on any atom is -0.343 e. The first-order chi connectivity index (χ1) is 7.27. The predicted octanol–water partition coefficient (Wildman–Crippen LogP) is 1.53. The van der Waals surface area contributed by atoms with Crippen molar-refractivity contribution >= 4 is 5.91 Å². The third-order valence-corrected chi connectivity index (χ3v) is 3.61. The van der Waals surface area contributed by atoms with Crippen LogP contribution in [0.15, 0.2) is 0 Å². The molecule has 1 aliphatic heterocycles. The van der Waals surface area contributed by atoms with Gasteiger partial charge < -0.3 is 10.2 Å². The number of hydrogen-bond acceptors (Lipinski definition) is 2. The number of hydrogen-bond donors (Lipinski definition) is 1. The van der Waals surface area contributed by atoms with E-state index in [1.54, 1.807) is 0 Å². The van der Waals surface area contributed by atoms with Gasteiger partial charge in [0.1, 0.15) is 0 Å². The molecule has 0 aromatic carbocycles. The number of piperidine rings is 1. The molecule has 1 heterocycles. The maximum absolute atomic E-state index is 11.8. The zero-order chi connectivity index (χ0) is 10.7. The Morgan fingerprint density at radius 3 is 2.73 bits per heavy atom. The predicted molar refractivity (Wildman–Crippen MR) is 60.7 cm³/mol. The third-order valence-electron chi connectivity index (χ3n) is 3.61. The maximum Gasteiger partial charge on any atom is 0.222 e. The Kier molecular flexibility index (Phi) is 3.62. The lowest BCUT2D eigenvalue weighted by Gasteiger charge is -2.24. The van der Waals surface area contributed by atoms with E-state index >= 15 is 0 Å². The first-order valence-corrected chi connectivity index (χ1v) is 6.26. The summed E-state index contributed by atoms with van der Waals surface area (Å²) in [6, 6.07) is 1.16. The maximum atomic E-state index is 11.8. The Balaban J connectivity index is 1.65. The van der Waals surface area contributed by atoms with Gasteiger partial charge in [-0.1, -0.05) is 6.42 Å². The van der Waals surface area contributed by atoms with Crippen LogP contribution in [0.4, 0.5) is 0 Å². The fourth-order valence-electron chi connectivity index (χ4n) is 2.31. The molecule has 0 aromatic heterocycles. The summed E-state index contributed by atoms with van der Waals surface area (Å²) in [5.74, 6) is 0.338. The Labute approximate surface area is 92.2 Å². The van der Waals surface area contributed by atoms with Crippen LogP contribution < -0.4 is 5.32 Å². The fourth-order valence-corrected chi connectivity index (χ4v) is 2.31. The van der Waals surface area contributed by atoms with Crippen LogP contribution in [0.2, 0.25) is 0 Å². The molecule has 0 radical (unpaired) electrons. The van der Waals surface area contributed by atoms with Gasteiger partial charge in [0, 0.05) is 25.6 Å². The highest BCUT2D eigenvalue weighted by atomic mass is 16.2. The van der Waals surface area contributed by atoms with Gasteiger partial charge in [0.05, 0.1) is 0 Å². The van der Waals surface area contributed by atoms with Gasteiger partial charge >= 0.3 is 0 Å². The van der Waals surface area contributed by atoms with E-state index in [0.717, 1.165) is 19.4 Å². The molecule has 2 rings (SSSR count). The van der Waals surface area contributed by atoms with E-state index in [1.807, 2.05) is 11.9 Å². The second-order valence-electron chi connectivity index (χ2n) is 4.92. The number of nitrogens with one attached hydrogen (secondary N) is 1. The van der Waals surface area contributed by atoms with Crippen molar-refractivity contribution < 1.29 is 4.79 Å². The van der Waals surface area contributed by atoms with Crippen LogP contribution >= 0.6 is 0 Å².